The van der Waals surface area contributed by atoms with Crippen LogP contribution in [0, 0.1) is 5.92 Å². The second kappa shape index (κ2) is 6.23. The number of nitrogens with one attached hydrogen (secondary N) is 1. The fourth-order valence-electron chi connectivity index (χ4n) is 1.92. The molecule has 0 spiro atoms. The molecule has 0 saturated heterocycles. The lowest BCUT2D eigenvalue weighted by Crippen LogP contribution is -2.24. The maximum absolute atomic E-state index is 12.1. The Bertz CT molecular complexity index is 442. The summed E-state index contributed by atoms with van der Waals surface area (Å²) in [6.07, 6.45) is 7.77. The zero-order valence-corrected chi connectivity index (χ0v) is 11.5. The van der Waals surface area contributed by atoms with Crippen LogP contribution in [0.15, 0.2) is 17.2 Å². The van der Waals surface area contributed by atoms with Crippen molar-refractivity contribution in [3.8, 4) is 0 Å². The molecule has 100 valence electrons. The monoisotopic (exact) mass is 269 g/mol. The molecule has 1 aliphatic carbocycles. The molecule has 1 N–H and O–H groups in total. The van der Waals surface area contributed by atoms with E-state index in [1.807, 2.05) is 0 Å². The molecule has 4 nitrogen and oxygen atoms in total. The van der Waals surface area contributed by atoms with Crippen molar-refractivity contribution in [3.05, 3.63) is 22.7 Å². The largest absolute Gasteiger partial charge is 0.365 e. The predicted octanol–water partition coefficient (Wildman–Crippen LogP) is 2.65. The molecule has 0 bridgehead atoms. The number of hydrogen-bond acceptors (Lipinski definition) is 3. The maximum Gasteiger partial charge on any atom is 0.293 e. The molecule has 1 heterocycles. The Morgan fingerprint density at radius 1 is 1.61 bits per heavy atom. The van der Waals surface area contributed by atoms with Crippen LogP contribution in [-0.2, 0) is 0 Å². The molecule has 1 unspecified atom stereocenters. The quantitative estimate of drug-likeness (QED) is 0.611. The van der Waals surface area contributed by atoms with Gasteiger partial charge in [-0.2, -0.15) is 0 Å². The van der Waals surface area contributed by atoms with E-state index in [2.05, 4.69) is 17.2 Å². The molecule has 1 saturated carbocycles. The highest BCUT2D eigenvalue weighted by atomic mass is 35.5. The van der Waals surface area contributed by atoms with Crippen LogP contribution in [-0.4, -0.2) is 22.0 Å². The van der Waals surface area contributed by atoms with Gasteiger partial charge in [0.1, 0.15) is 0 Å². The van der Waals surface area contributed by atoms with E-state index in [4.69, 9.17) is 11.6 Å². The highest BCUT2D eigenvalue weighted by molar-refractivity contribution is 6.18. The lowest BCUT2D eigenvalue weighted by atomic mass is 10.1. The van der Waals surface area contributed by atoms with E-state index in [1.54, 1.807) is 17.0 Å². The van der Waals surface area contributed by atoms with Gasteiger partial charge in [-0.05, 0) is 31.6 Å². The van der Waals surface area contributed by atoms with Gasteiger partial charge in [-0.25, -0.2) is 4.98 Å². The lowest BCUT2D eigenvalue weighted by molar-refractivity contribution is 0.572. The number of nitrogens with zero attached hydrogens (tertiary/aromatic N) is 2. The van der Waals surface area contributed by atoms with Crippen molar-refractivity contribution in [2.75, 3.05) is 17.7 Å². The van der Waals surface area contributed by atoms with Gasteiger partial charge in [0, 0.05) is 30.9 Å². The summed E-state index contributed by atoms with van der Waals surface area (Å²) in [4.78, 5) is 16.2. The third-order valence-electron chi connectivity index (χ3n) is 3.24. The van der Waals surface area contributed by atoms with Crippen LogP contribution in [0.1, 0.15) is 38.6 Å². The van der Waals surface area contributed by atoms with Gasteiger partial charge >= 0.3 is 0 Å². The van der Waals surface area contributed by atoms with Crippen LogP contribution >= 0.6 is 11.6 Å². The fourth-order valence-corrected chi connectivity index (χ4v) is 2.08. The molecule has 1 aromatic heterocycles. The normalized spacial score (nSPS) is 16.6. The van der Waals surface area contributed by atoms with Crippen LogP contribution < -0.4 is 10.9 Å². The summed E-state index contributed by atoms with van der Waals surface area (Å²) in [7, 11) is 0. The summed E-state index contributed by atoms with van der Waals surface area (Å²) in [5.41, 5.74) is 0.00499. The van der Waals surface area contributed by atoms with Crippen LogP contribution in [0.25, 0.3) is 0 Å². The summed E-state index contributed by atoms with van der Waals surface area (Å²) in [5, 5.41) is 3.13. The molecule has 0 amide bonds. The van der Waals surface area contributed by atoms with Crippen LogP contribution in [0.4, 0.5) is 5.82 Å². The van der Waals surface area contributed by atoms with Crippen molar-refractivity contribution in [1.82, 2.24) is 9.55 Å². The summed E-state index contributed by atoms with van der Waals surface area (Å²) >= 11 is 5.75. The zero-order chi connectivity index (χ0) is 13.0. The summed E-state index contributed by atoms with van der Waals surface area (Å²) < 4.78 is 1.79. The topological polar surface area (TPSA) is 46.9 Å². The first kappa shape index (κ1) is 13.4. The Hall–Kier alpha value is -1.03. The Morgan fingerprint density at radius 2 is 2.39 bits per heavy atom. The first-order valence-electron chi connectivity index (χ1n) is 6.59. The predicted molar refractivity (Wildman–Crippen MR) is 74.4 cm³/mol. The standard InChI is InChI=1S/C13H20ClN3O/c1-10(9-14)3-2-6-15-12-13(18)17(8-7-16-12)11-4-5-11/h7-8,10-11H,2-6,9H2,1H3,(H,15,16). The summed E-state index contributed by atoms with van der Waals surface area (Å²) in [5.74, 6) is 1.70. The number of anilines is 1. The number of halogens is 1. The van der Waals surface area contributed by atoms with Gasteiger partial charge in [0.25, 0.3) is 5.56 Å². The van der Waals surface area contributed by atoms with Crippen LogP contribution in [0.3, 0.4) is 0 Å². The van der Waals surface area contributed by atoms with Crippen molar-refractivity contribution in [3.63, 3.8) is 0 Å². The minimum atomic E-state index is 0.00499. The van der Waals surface area contributed by atoms with E-state index >= 15 is 0 Å². The second-order valence-electron chi connectivity index (χ2n) is 5.05. The molecular weight excluding hydrogens is 250 g/mol. The first-order chi connectivity index (χ1) is 8.72. The zero-order valence-electron chi connectivity index (χ0n) is 10.7. The first-order valence-corrected chi connectivity index (χ1v) is 7.12. The Morgan fingerprint density at radius 3 is 3.06 bits per heavy atom. The van der Waals surface area contributed by atoms with Crippen molar-refractivity contribution < 1.29 is 0 Å². The van der Waals surface area contributed by atoms with Crippen molar-refractivity contribution in [2.45, 2.75) is 38.6 Å². The molecule has 1 fully saturated rings. The minimum Gasteiger partial charge on any atom is -0.365 e. The highest BCUT2D eigenvalue weighted by Crippen LogP contribution is 2.33. The second-order valence-corrected chi connectivity index (χ2v) is 5.36. The van der Waals surface area contributed by atoms with E-state index in [0.717, 1.165) is 32.2 Å². The smallest absolute Gasteiger partial charge is 0.293 e. The van der Waals surface area contributed by atoms with Gasteiger partial charge in [0.2, 0.25) is 0 Å². The number of hydrogen-bond donors (Lipinski definition) is 1. The molecular formula is C13H20ClN3O. The van der Waals surface area contributed by atoms with Crippen LogP contribution in [0.5, 0.6) is 0 Å². The summed E-state index contributed by atoms with van der Waals surface area (Å²) in [6, 6.07) is 0.400. The fraction of sp³-hybridized carbons (Fsp3) is 0.692. The molecule has 18 heavy (non-hydrogen) atoms. The van der Waals surface area contributed by atoms with E-state index in [9.17, 15) is 4.79 Å². The Labute approximate surface area is 112 Å². The molecule has 0 radical (unpaired) electrons. The van der Waals surface area contributed by atoms with Gasteiger partial charge in [-0.1, -0.05) is 6.92 Å². The van der Waals surface area contributed by atoms with E-state index in [0.29, 0.717) is 23.7 Å². The van der Waals surface area contributed by atoms with E-state index in [1.165, 1.54) is 0 Å². The molecule has 2 rings (SSSR count). The molecule has 1 aliphatic rings. The summed E-state index contributed by atoms with van der Waals surface area (Å²) in [6.45, 7) is 2.91. The number of aromatic nitrogens is 2. The average Bonchev–Trinajstić information content (AvgIpc) is 3.20. The number of rotatable bonds is 7. The Kier molecular flexibility index (Phi) is 4.64. The average molecular weight is 270 g/mol. The SMILES string of the molecule is CC(CCl)CCCNc1nccn(C2CC2)c1=O. The van der Waals surface area contributed by atoms with E-state index in [-0.39, 0.29) is 5.56 Å². The Balaban J connectivity index is 1.86. The molecule has 1 atom stereocenters. The molecule has 0 aliphatic heterocycles. The van der Waals surface area contributed by atoms with Gasteiger partial charge in [-0.3, -0.25) is 4.79 Å². The third kappa shape index (κ3) is 3.48. The third-order valence-corrected chi connectivity index (χ3v) is 3.76. The van der Waals surface area contributed by atoms with Gasteiger partial charge in [-0.15, -0.1) is 11.6 Å². The van der Waals surface area contributed by atoms with Crippen LogP contribution in [0.2, 0.25) is 0 Å². The minimum absolute atomic E-state index is 0.00499. The van der Waals surface area contributed by atoms with Crippen molar-refractivity contribution in [1.29, 1.82) is 0 Å². The number of alkyl halides is 1. The van der Waals surface area contributed by atoms with Gasteiger partial charge in [0.05, 0.1) is 0 Å². The maximum atomic E-state index is 12.1. The van der Waals surface area contributed by atoms with Gasteiger partial charge in [0.15, 0.2) is 5.82 Å². The highest BCUT2D eigenvalue weighted by Gasteiger charge is 2.25. The molecule has 0 aromatic carbocycles. The molecule has 5 heteroatoms. The van der Waals surface area contributed by atoms with Gasteiger partial charge < -0.3 is 9.88 Å². The molecule has 1 aromatic rings. The lowest BCUT2D eigenvalue weighted by Gasteiger charge is -2.09. The van der Waals surface area contributed by atoms with Crippen molar-refractivity contribution in [2.24, 2.45) is 5.92 Å². The van der Waals surface area contributed by atoms with Crippen molar-refractivity contribution >= 4 is 17.4 Å². The van der Waals surface area contributed by atoms with E-state index < -0.39 is 0 Å².